The van der Waals surface area contributed by atoms with Crippen molar-refractivity contribution >= 4 is 16.8 Å². The summed E-state index contributed by atoms with van der Waals surface area (Å²) in [5.41, 5.74) is 3.32. The van der Waals surface area contributed by atoms with Crippen LogP contribution in [0, 0.1) is 0 Å². The third kappa shape index (κ3) is 3.52. The second-order valence-electron chi connectivity index (χ2n) is 6.23. The number of amides is 1. The molecule has 130 valence electrons. The molecular formula is C21H20N4O. The van der Waals surface area contributed by atoms with Crippen molar-refractivity contribution in [2.45, 2.75) is 19.4 Å². The standard InChI is InChI=1S/C21H20N4O/c26-21(9-7-16-6-8-19-17(14-16)10-11-22-19)24-15-20-23-12-13-25(20)18-4-2-1-3-5-18/h1-6,8,10-14,22H,7,9,15H2,(H,24,26). The molecule has 0 aliphatic rings. The number of aryl methyl sites for hydroxylation is 1. The normalized spacial score (nSPS) is 10.9. The SMILES string of the molecule is O=C(CCc1ccc2[nH]ccc2c1)NCc1nccn1-c1ccccc1. The summed E-state index contributed by atoms with van der Waals surface area (Å²) in [5.74, 6) is 0.847. The minimum absolute atomic E-state index is 0.0294. The van der Waals surface area contributed by atoms with Gasteiger partial charge in [-0.1, -0.05) is 24.3 Å². The van der Waals surface area contributed by atoms with Gasteiger partial charge in [-0.3, -0.25) is 4.79 Å². The van der Waals surface area contributed by atoms with Gasteiger partial charge in [-0.2, -0.15) is 0 Å². The minimum atomic E-state index is 0.0294. The number of nitrogens with one attached hydrogen (secondary N) is 2. The zero-order chi connectivity index (χ0) is 17.8. The maximum atomic E-state index is 12.2. The number of imidazole rings is 1. The van der Waals surface area contributed by atoms with E-state index in [1.54, 1.807) is 6.20 Å². The Morgan fingerprint density at radius 1 is 1.12 bits per heavy atom. The van der Waals surface area contributed by atoms with Gasteiger partial charge in [0.05, 0.1) is 6.54 Å². The molecule has 0 atom stereocenters. The molecule has 2 aromatic carbocycles. The maximum Gasteiger partial charge on any atom is 0.220 e. The fourth-order valence-corrected chi connectivity index (χ4v) is 3.07. The van der Waals surface area contributed by atoms with Crippen LogP contribution in [0.2, 0.25) is 0 Å². The highest BCUT2D eigenvalue weighted by atomic mass is 16.1. The Morgan fingerprint density at radius 3 is 2.88 bits per heavy atom. The van der Waals surface area contributed by atoms with Crippen LogP contribution in [0.4, 0.5) is 0 Å². The Kier molecular flexibility index (Phi) is 4.51. The maximum absolute atomic E-state index is 12.2. The number of carbonyl (C=O) groups excluding carboxylic acids is 1. The van der Waals surface area contributed by atoms with Gasteiger partial charge >= 0.3 is 0 Å². The van der Waals surface area contributed by atoms with E-state index in [-0.39, 0.29) is 5.91 Å². The van der Waals surface area contributed by atoms with Crippen LogP contribution < -0.4 is 5.32 Å². The number of aromatic nitrogens is 3. The third-order valence-electron chi connectivity index (χ3n) is 4.45. The van der Waals surface area contributed by atoms with Crippen LogP contribution in [-0.2, 0) is 17.8 Å². The van der Waals surface area contributed by atoms with Crippen LogP contribution >= 0.6 is 0 Å². The van der Waals surface area contributed by atoms with Crippen molar-refractivity contribution in [1.82, 2.24) is 19.9 Å². The largest absolute Gasteiger partial charge is 0.361 e. The molecule has 0 aliphatic carbocycles. The Labute approximate surface area is 151 Å². The van der Waals surface area contributed by atoms with Gasteiger partial charge in [0.25, 0.3) is 0 Å². The molecule has 2 heterocycles. The molecule has 0 bridgehead atoms. The van der Waals surface area contributed by atoms with E-state index in [0.717, 1.165) is 29.0 Å². The zero-order valence-corrected chi connectivity index (χ0v) is 14.4. The fraction of sp³-hybridized carbons (Fsp3) is 0.143. The average molecular weight is 344 g/mol. The molecule has 0 saturated carbocycles. The van der Waals surface area contributed by atoms with Crippen LogP contribution in [0.15, 0.2) is 73.2 Å². The molecule has 1 amide bonds. The van der Waals surface area contributed by atoms with Gasteiger partial charge < -0.3 is 14.9 Å². The molecule has 0 fully saturated rings. The number of carbonyl (C=O) groups is 1. The van der Waals surface area contributed by atoms with E-state index in [2.05, 4.69) is 33.5 Å². The van der Waals surface area contributed by atoms with Gasteiger partial charge in [0.1, 0.15) is 5.82 Å². The Hall–Kier alpha value is -3.34. The zero-order valence-electron chi connectivity index (χ0n) is 14.4. The first-order chi connectivity index (χ1) is 12.8. The summed E-state index contributed by atoms with van der Waals surface area (Å²) in [7, 11) is 0. The summed E-state index contributed by atoms with van der Waals surface area (Å²) >= 11 is 0. The number of nitrogens with zero attached hydrogens (tertiary/aromatic N) is 2. The van der Waals surface area contributed by atoms with E-state index in [9.17, 15) is 4.79 Å². The molecule has 5 nitrogen and oxygen atoms in total. The first-order valence-electron chi connectivity index (χ1n) is 8.70. The van der Waals surface area contributed by atoms with E-state index in [1.165, 1.54) is 5.39 Å². The van der Waals surface area contributed by atoms with E-state index in [4.69, 9.17) is 0 Å². The van der Waals surface area contributed by atoms with Gasteiger partial charge in [-0.15, -0.1) is 0 Å². The van der Waals surface area contributed by atoms with Crippen molar-refractivity contribution in [2.75, 3.05) is 0 Å². The van der Waals surface area contributed by atoms with E-state index in [1.807, 2.05) is 53.4 Å². The van der Waals surface area contributed by atoms with Crippen molar-refractivity contribution in [3.63, 3.8) is 0 Å². The monoisotopic (exact) mass is 344 g/mol. The Morgan fingerprint density at radius 2 is 2.00 bits per heavy atom. The fourth-order valence-electron chi connectivity index (χ4n) is 3.07. The average Bonchev–Trinajstić information content (AvgIpc) is 3.34. The number of hydrogen-bond acceptors (Lipinski definition) is 2. The molecule has 0 spiro atoms. The summed E-state index contributed by atoms with van der Waals surface area (Å²) in [6, 6.07) is 18.3. The topological polar surface area (TPSA) is 62.7 Å². The molecule has 0 unspecified atom stereocenters. The Balaban J connectivity index is 1.34. The summed E-state index contributed by atoms with van der Waals surface area (Å²) in [5, 5.41) is 4.14. The molecule has 0 saturated heterocycles. The number of benzene rings is 2. The molecule has 0 aliphatic heterocycles. The molecule has 2 aromatic heterocycles. The van der Waals surface area contributed by atoms with Gasteiger partial charge in [0, 0.05) is 36.2 Å². The van der Waals surface area contributed by atoms with Crippen LogP contribution in [0.5, 0.6) is 0 Å². The first kappa shape index (κ1) is 16.1. The smallest absolute Gasteiger partial charge is 0.220 e. The van der Waals surface area contributed by atoms with Crippen LogP contribution in [0.25, 0.3) is 16.6 Å². The second-order valence-corrected chi connectivity index (χ2v) is 6.23. The lowest BCUT2D eigenvalue weighted by Crippen LogP contribution is -2.24. The lowest BCUT2D eigenvalue weighted by Gasteiger charge is -2.09. The quantitative estimate of drug-likeness (QED) is 0.561. The molecule has 2 N–H and O–H groups in total. The van der Waals surface area contributed by atoms with Gasteiger partial charge in [-0.25, -0.2) is 4.98 Å². The van der Waals surface area contributed by atoms with Crippen LogP contribution in [0.1, 0.15) is 17.8 Å². The second kappa shape index (κ2) is 7.27. The highest BCUT2D eigenvalue weighted by molar-refractivity contribution is 5.80. The van der Waals surface area contributed by atoms with Crippen LogP contribution in [0.3, 0.4) is 0 Å². The third-order valence-corrected chi connectivity index (χ3v) is 4.45. The number of rotatable bonds is 6. The van der Waals surface area contributed by atoms with E-state index < -0.39 is 0 Å². The Bertz CT molecular complexity index is 1020. The van der Waals surface area contributed by atoms with E-state index >= 15 is 0 Å². The van der Waals surface area contributed by atoms with Gasteiger partial charge in [-0.05, 0) is 47.7 Å². The van der Waals surface area contributed by atoms with Crippen molar-refractivity contribution < 1.29 is 4.79 Å². The van der Waals surface area contributed by atoms with Crippen molar-refractivity contribution in [2.24, 2.45) is 0 Å². The number of fused-ring (bicyclic) bond motifs is 1. The predicted molar refractivity (Wildman–Crippen MR) is 102 cm³/mol. The lowest BCUT2D eigenvalue weighted by molar-refractivity contribution is -0.121. The van der Waals surface area contributed by atoms with Gasteiger partial charge in [0.2, 0.25) is 5.91 Å². The van der Waals surface area contributed by atoms with Crippen molar-refractivity contribution in [1.29, 1.82) is 0 Å². The highest BCUT2D eigenvalue weighted by Gasteiger charge is 2.08. The summed E-state index contributed by atoms with van der Waals surface area (Å²) < 4.78 is 1.99. The van der Waals surface area contributed by atoms with Crippen molar-refractivity contribution in [3.8, 4) is 5.69 Å². The molecule has 5 heteroatoms. The summed E-state index contributed by atoms with van der Waals surface area (Å²) in [6.07, 6.45) is 6.77. The van der Waals surface area contributed by atoms with Gasteiger partial charge in [0.15, 0.2) is 0 Å². The van der Waals surface area contributed by atoms with Crippen LogP contribution in [-0.4, -0.2) is 20.4 Å². The predicted octanol–water partition coefficient (Wildman–Crippen LogP) is 3.60. The molecule has 0 radical (unpaired) electrons. The number of para-hydroxylation sites is 1. The molecule has 4 aromatic rings. The number of H-pyrrole nitrogens is 1. The minimum Gasteiger partial charge on any atom is -0.361 e. The lowest BCUT2D eigenvalue weighted by atomic mass is 10.1. The highest BCUT2D eigenvalue weighted by Crippen LogP contribution is 2.15. The van der Waals surface area contributed by atoms with E-state index in [0.29, 0.717) is 13.0 Å². The molecule has 4 rings (SSSR count). The number of hydrogen-bond donors (Lipinski definition) is 2. The first-order valence-corrected chi connectivity index (χ1v) is 8.70. The molecular weight excluding hydrogens is 324 g/mol. The summed E-state index contributed by atoms with van der Waals surface area (Å²) in [4.78, 5) is 19.8. The summed E-state index contributed by atoms with van der Waals surface area (Å²) in [6.45, 7) is 0.414. The molecule has 26 heavy (non-hydrogen) atoms. The van der Waals surface area contributed by atoms with Crippen molar-refractivity contribution in [3.05, 3.63) is 84.6 Å². The number of aromatic amines is 1.